The van der Waals surface area contributed by atoms with E-state index in [4.69, 9.17) is 14.5 Å². The zero-order valence-electron chi connectivity index (χ0n) is 29.2. The molecule has 0 fully saturated rings. The van der Waals surface area contributed by atoms with Crippen molar-refractivity contribution >= 4 is 11.0 Å². The molecule has 0 radical (unpaired) electrons. The second-order valence-corrected chi connectivity index (χ2v) is 13.9. The number of rotatable bonds is 5. The number of para-hydroxylation sites is 2. The summed E-state index contributed by atoms with van der Waals surface area (Å²) in [6, 6.07) is 68.1. The molecule has 1 aliphatic carbocycles. The van der Waals surface area contributed by atoms with Crippen LogP contribution >= 0.6 is 0 Å². The standard InChI is InChI=1S/C50H32N2O2/c1-5-16-33(17-6-1)49-51-43-27-15-25-38(48(43)52(49)37-22-11-4-12-23-37)34-28-29-44-45(30-34)54-46-31-40-39-24-13-14-26-41(39)50(35-18-7-2-8-19-35,36-20-9-3-10-21-36)42(40)32-47(46)53-44/h1-32H. The van der Waals surface area contributed by atoms with Crippen LogP contribution < -0.4 is 9.47 Å². The quantitative estimate of drug-likeness (QED) is 0.180. The summed E-state index contributed by atoms with van der Waals surface area (Å²) in [5.74, 6) is 3.65. The maximum absolute atomic E-state index is 6.81. The van der Waals surface area contributed by atoms with E-state index in [-0.39, 0.29) is 0 Å². The van der Waals surface area contributed by atoms with Gasteiger partial charge in [0.2, 0.25) is 0 Å². The minimum absolute atomic E-state index is 0.518. The number of hydrogen-bond acceptors (Lipinski definition) is 3. The number of nitrogens with zero attached hydrogens (tertiary/aromatic N) is 2. The van der Waals surface area contributed by atoms with Gasteiger partial charge in [0.1, 0.15) is 5.82 Å². The van der Waals surface area contributed by atoms with Gasteiger partial charge in [0.25, 0.3) is 0 Å². The highest BCUT2D eigenvalue weighted by molar-refractivity contribution is 5.96. The molecule has 2 aliphatic rings. The van der Waals surface area contributed by atoms with Gasteiger partial charge in [0.15, 0.2) is 23.0 Å². The molecule has 1 aromatic heterocycles. The molecule has 4 heteroatoms. The minimum atomic E-state index is -0.518. The second-order valence-electron chi connectivity index (χ2n) is 13.9. The van der Waals surface area contributed by atoms with E-state index in [1.165, 1.54) is 27.8 Å². The van der Waals surface area contributed by atoms with Crippen LogP contribution in [0.1, 0.15) is 22.3 Å². The monoisotopic (exact) mass is 692 g/mol. The molecule has 254 valence electrons. The van der Waals surface area contributed by atoms with Crippen molar-refractivity contribution in [2.75, 3.05) is 0 Å². The number of ether oxygens (including phenoxy) is 2. The summed E-state index contributed by atoms with van der Waals surface area (Å²) in [5.41, 5.74) is 12.8. The molecule has 2 heterocycles. The van der Waals surface area contributed by atoms with Crippen LogP contribution in [0, 0.1) is 0 Å². The molecule has 0 spiro atoms. The van der Waals surface area contributed by atoms with Crippen molar-refractivity contribution in [1.82, 2.24) is 9.55 Å². The molecule has 9 aromatic rings. The Morgan fingerprint density at radius 3 is 1.74 bits per heavy atom. The van der Waals surface area contributed by atoms with E-state index in [9.17, 15) is 0 Å². The molecular formula is C50H32N2O2. The summed E-state index contributed by atoms with van der Waals surface area (Å²) in [4.78, 5) is 5.18. The van der Waals surface area contributed by atoms with Gasteiger partial charge >= 0.3 is 0 Å². The topological polar surface area (TPSA) is 36.3 Å². The van der Waals surface area contributed by atoms with Crippen molar-refractivity contribution in [3.05, 3.63) is 216 Å². The zero-order chi connectivity index (χ0) is 35.6. The van der Waals surface area contributed by atoms with Gasteiger partial charge in [-0.15, -0.1) is 0 Å². The zero-order valence-corrected chi connectivity index (χ0v) is 29.2. The Morgan fingerprint density at radius 2 is 1.00 bits per heavy atom. The summed E-state index contributed by atoms with van der Waals surface area (Å²) in [5, 5.41) is 0. The van der Waals surface area contributed by atoms with E-state index < -0.39 is 5.41 Å². The third-order valence-electron chi connectivity index (χ3n) is 10.9. The highest BCUT2D eigenvalue weighted by Crippen LogP contribution is 2.59. The SMILES string of the molecule is c1ccc(-c2nc3cccc(-c4ccc5c(c4)Oc4cc6c(cc4O5)C(c4ccccc4)(c4ccccc4)c4ccccc4-6)c3n2-c2ccccc2)cc1. The average Bonchev–Trinajstić information content (AvgIpc) is 3.78. The third-order valence-corrected chi connectivity index (χ3v) is 10.9. The van der Waals surface area contributed by atoms with Crippen LogP contribution in [0.3, 0.4) is 0 Å². The van der Waals surface area contributed by atoms with E-state index >= 15 is 0 Å². The van der Waals surface area contributed by atoms with Crippen LogP contribution in [0.4, 0.5) is 0 Å². The molecular weight excluding hydrogens is 661 g/mol. The van der Waals surface area contributed by atoms with Crippen LogP contribution in [0.25, 0.3) is 50.4 Å². The highest BCUT2D eigenvalue weighted by Gasteiger charge is 2.47. The Bertz CT molecular complexity index is 2820. The number of benzene rings is 8. The van der Waals surface area contributed by atoms with Crippen LogP contribution in [-0.4, -0.2) is 9.55 Å². The Hall–Kier alpha value is -7.17. The van der Waals surface area contributed by atoms with Gasteiger partial charge in [-0.05, 0) is 81.4 Å². The van der Waals surface area contributed by atoms with Crippen molar-refractivity contribution in [2.24, 2.45) is 0 Å². The van der Waals surface area contributed by atoms with Gasteiger partial charge in [-0.2, -0.15) is 0 Å². The highest BCUT2D eigenvalue weighted by atomic mass is 16.6. The maximum Gasteiger partial charge on any atom is 0.170 e. The summed E-state index contributed by atoms with van der Waals surface area (Å²) >= 11 is 0. The van der Waals surface area contributed by atoms with Gasteiger partial charge < -0.3 is 9.47 Å². The molecule has 1 aliphatic heterocycles. The number of imidazole rings is 1. The van der Waals surface area contributed by atoms with Gasteiger partial charge in [0, 0.05) is 16.8 Å². The molecule has 11 rings (SSSR count). The summed E-state index contributed by atoms with van der Waals surface area (Å²) in [6.07, 6.45) is 0. The first-order valence-corrected chi connectivity index (χ1v) is 18.3. The third kappa shape index (κ3) is 4.47. The van der Waals surface area contributed by atoms with Crippen LogP contribution in [-0.2, 0) is 5.41 Å². The summed E-state index contributed by atoms with van der Waals surface area (Å²) in [7, 11) is 0. The van der Waals surface area contributed by atoms with Gasteiger partial charge in [-0.25, -0.2) is 4.98 Å². The smallest absolute Gasteiger partial charge is 0.170 e. The lowest BCUT2D eigenvalue weighted by Crippen LogP contribution is -2.28. The van der Waals surface area contributed by atoms with Crippen molar-refractivity contribution in [3.63, 3.8) is 0 Å². The molecule has 0 saturated carbocycles. The lowest BCUT2D eigenvalue weighted by atomic mass is 9.67. The predicted octanol–water partition coefficient (Wildman–Crippen LogP) is 12.6. The summed E-state index contributed by atoms with van der Waals surface area (Å²) < 4.78 is 15.8. The van der Waals surface area contributed by atoms with Crippen molar-refractivity contribution in [3.8, 4) is 62.3 Å². The second kappa shape index (κ2) is 11.9. The Balaban J connectivity index is 1.06. The molecule has 0 bridgehead atoms. The maximum atomic E-state index is 6.81. The molecule has 8 aromatic carbocycles. The van der Waals surface area contributed by atoms with Crippen molar-refractivity contribution in [1.29, 1.82) is 0 Å². The fourth-order valence-electron chi connectivity index (χ4n) is 8.65. The van der Waals surface area contributed by atoms with Gasteiger partial charge in [-0.3, -0.25) is 4.57 Å². The molecule has 0 unspecified atom stereocenters. The first-order valence-electron chi connectivity index (χ1n) is 18.3. The van der Waals surface area contributed by atoms with Crippen LogP contribution in [0.15, 0.2) is 194 Å². The molecule has 0 N–H and O–H groups in total. The van der Waals surface area contributed by atoms with Gasteiger partial charge in [-0.1, -0.05) is 152 Å². The Labute approximate surface area is 313 Å². The fourth-order valence-corrected chi connectivity index (χ4v) is 8.65. The summed E-state index contributed by atoms with van der Waals surface area (Å²) in [6.45, 7) is 0. The minimum Gasteiger partial charge on any atom is -0.450 e. The van der Waals surface area contributed by atoms with E-state index in [0.717, 1.165) is 44.8 Å². The fraction of sp³-hybridized carbons (Fsp3) is 0.0200. The Kier molecular flexibility index (Phi) is 6.73. The van der Waals surface area contributed by atoms with E-state index in [2.05, 4.69) is 180 Å². The van der Waals surface area contributed by atoms with Crippen molar-refractivity contribution in [2.45, 2.75) is 5.41 Å². The van der Waals surface area contributed by atoms with E-state index in [1.54, 1.807) is 0 Å². The molecule has 54 heavy (non-hydrogen) atoms. The molecule has 0 atom stereocenters. The van der Waals surface area contributed by atoms with Gasteiger partial charge in [0.05, 0.1) is 16.4 Å². The molecule has 0 saturated heterocycles. The molecule has 0 amide bonds. The van der Waals surface area contributed by atoms with E-state index in [1.807, 2.05) is 18.2 Å². The molecule has 4 nitrogen and oxygen atoms in total. The number of fused-ring (bicyclic) bond motifs is 6. The lowest BCUT2D eigenvalue weighted by Gasteiger charge is -2.34. The van der Waals surface area contributed by atoms with E-state index in [0.29, 0.717) is 23.0 Å². The van der Waals surface area contributed by atoms with Crippen LogP contribution in [0.2, 0.25) is 0 Å². The largest absolute Gasteiger partial charge is 0.450 e. The normalized spacial score (nSPS) is 13.3. The number of aromatic nitrogens is 2. The predicted molar refractivity (Wildman–Crippen MR) is 216 cm³/mol. The van der Waals surface area contributed by atoms with Crippen LogP contribution in [0.5, 0.6) is 23.0 Å². The lowest BCUT2D eigenvalue weighted by molar-refractivity contribution is 0.359. The first-order chi connectivity index (χ1) is 26.8. The Morgan fingerprint density at radius 1 is 0.407 bits per heavy atom. The number of hydrogen-bond donors (Lipinski definition) is 0. The average molecular weight is 693 g/mol. The van der Waals surface area contributed by atoms with Crippen molar-refractivity contribution < 1.29 is 9.47 Å². The first kappa shape index (κ1) is 30.5.